The van der Waals surface area contributed by atoms with Crippen LogP contribution in [0, 0.1) is 0 Å². The maximum absolute atomic E-state index is 10.6. The molecule has 2 N–H and O–H groups in total. The lowest BCUT2D eigenvalue weighted by Gasteiger charge is -2.19. The average Bonchev–Trinajstić information content (AvgIpc) is 2.73. The van der Waals surface area contributed by atoms with Gasteiger partial charge in [-0.05, 0) is 30.5 Å². The first-order chi connectivity index (χ1) is 7.66. The Labute approximate surface area is 94.1 Å². The van der Waals surface area contributed by atoms with Gasteiger partial charge in [-0.25, -0.2) is 0 Å². The summed E-state index contributed by atoms with van der Waals surface area (Å²) in [6, 6.07) is 5.00. The van der Waals surface area contributed by atoms with E-state index in [0.29, 0.717) is 0 Å². The Hall–Kier alpha value is -1.71. The van der Waals surface area contributed by atoms with Gasteiger partial charge < -0.3 is 15.1 Å². The molecule has 0 spiro atoms. The summed E-state index contributed by atoms with van der Waals surface area (Å²) in [7, 11) is 0. The predicted molar refractivity (Wildman–Crippen MR) is 60.9 cm³/mol. The van der Waals surface area contributed by atoms with Gasteiger partial charge in [-0.1, -0.05) is 6.07 Å². The van der Waals surface area contributed by atoms with Crippen molar-refractivity contribution in [1.82, 2.24) is 0 Å². The molecule has 4 nitrogen and oxygen atoms in total. The summed E-state index contributed by atoms with van der Waals surface area (Å²) in [5.74, 6) is -0.617. The van der Waals surface area contributed by atoms with Gasteiger partial charge in [0.25, 0.3) is 0 Å². The fourth-order valence-electron chi connectivity index (χ4n) is 2.06. The molecule has 1 aromatic rings. The number of aromatic hydroxyl groups is 1. The third-order valence-electron chi connectivity index (χ3n) is 2.84. The lowest BCUT2D eigenvalue weighted by Crippen LogP contribution is -2.18. The van der Waals surface area contributed by atoms with E-state index in [1.54, 1.807) is 18.2 Å². The van der Waals surface area contributed by atoms with Crippen LogP contribution in [0.15, 0.2) is 18.2 Å². The van der Waals surface area contributed by atoms with Crippen LogP contribution in [0.2, 0.25) is 0 Å². The zero-order valence-corrected chi connectivity index (χ0v) is 9.02. The number of carboxylic acids is 1. The Balaban J connectivity index is 2.24. The molecule has 4 heteroatoms. The summed E-state index contributed by atoms with van der Waals surface area (Å²) in [4.78, 5) is 12.7. The van der Waals surface area contributed by atoms with Gasteiger partial charge in [0.05, 0.1) is 12.1 Å². The maximum atomic E-state index is 10.6. The first-order valence-electron chi connectivity index (χ1n) is 5.45. The number of carbonyl (C=O) groups is 1. The van der Waals surface area contributed by atoms with Crippen molar-refractivity contribution in [2.75, 3.05) is 18.0 Å². The fourth-order valence-corrected chi connectivity index (χ4v) is 2.06. The summed E-state index contributed by atoms with van der Waals surface area (Å²) < 4.78 is 0. The van der Waals surface area contributed by atoms with E-state index in [4.69, 9.17) is 5.11 Å². The zero-order chi connectivity index (χ0) is 11.5. The van der Waals surface area contributed by atoms with Gasteiger partial charge in [-0.15, -0.1) is 0 Å². The quantitative estimate of drug-likeness (QED) is 0.814. The van der Waals surface area contributed by atoms with E-state index in [1.165, 1.54) is 0 Å². The molecular weight excluding hydrogens is 206 g/mol. The molecule has 0 atom stereocenters. The molecule has 1 aliphatic rings. The van der Waals surface area contributed by atoms with Crippen LogP contribution in [-0.2, 0) is 11.2 Å². The van der Waals surface area contributed by atoms with Gasteiger partial charge in [0.2, 0.25) is 0 Å². The summed E-state index contributed by atoms with van der Waals surface area (Å²) in [6.07, 6.45) is 2.26. The molecule has 2 rings (SSSR count). The van der Waals surface area contributed by atoms with Crippen molar-refractivity contribution >= 4 is 11.7 Å². The highest BCUT2D eigenvalue weighted by atomic mass is 16.4. The second-order valence-electron chi connectivity index (χ2n) is 4.09. The van der Waals surface area contributed by atoms with Crippen LogP contribution in [-0.4, -0.2) is 29.3 Å². The van der Waals surface area contributed by atoms with Crippen molar-refractivity contribution in [1.29, 1.82) is 0 Å². The van der Waals surface area contributed by atoms with E-state index in [1.807, 2.05) is 0 Å². The molecule has 1 heterocycles. The Morgan fingerprint density at radius 1 is 1.31 bits per heavy atom. The molecule has 1 saturated heterocycles. The van der Waals surface area contributed by atoms with E-state index in [2.05, 4.69) is 4.90 Å². The number of aliphatic carboxylic acids is 1. The van der Waals surface area contributed by atoms with Crippen LogP contribution in [0.1, 0.15) is 18.4 Å². The van der Waals surface area contributed by atoms with E-state index in [9.17, 15) is 9.90 Å². The van der Waals surface area contributed by atoms with E-state index >= 15 is 0 Å². The lowest BCUT2D eigenvalue weighted by atomic mass is 10.1. The van der Waals surface area contributed by atoms with Crippen LogP contribution in [0.5, 0.6) is 5.75 Å². The van der Waals surface area contributed by atoms with Crippen molar-refractivity contribution < 1.29 is 15.0 Å². The van der Waals surface area contributed by atoms with E-state index in [0.717, 1.165) is 37.2 Å². The van der Waals surface area contributed by atoms with Crippen LogP contribution in [0.25, 0.3) is 0 Å². The van der Waals surface area contributed by atoms with Crippen molar-refractivity contribution in [2.24, 2.45) is 0 Å². The molecule has 0 saturated carbocycles. The molecular formula is C12H15NO3. The van der Waals surface area contributed by atoms with E-state index < -0.39 is 5.97 Å². The molecule has 0 amide bonds. The highest BCUT2D eigenvalue weighted by Gasteiger charge is 2.16. The first-order valence-corrected chi connectivity index (χ1v) is 5.45. The molecule has 0 aliphatic carbocycles. The third kappa shape index (κ3) is 2.27. The standard InChI is InChI=1S/C12H15NO3/c14-11-4-3-9(8-12(15)16)7-10(11)13-5-1-2-6-13/h3-4,7,14H,1-2,5-6,8H2,(H,15,16). The van der Waals surface area contributed by atoms with Gasteiger partial charge in [-0.3, -0.25) is 4.79 Å². The monoisotopic (exact) mass is 221 g/mol. The Bertz CT molecular complexity index is 397. The lowest BCUT2D eigenvalue weighted by molar-refractivity contribution is -0.136. The maximum Gasteiger partial charge on any atom is 0.307 e. The summed E-state index contributed by atoms with van der Waals surface area (Å²) in [5.41, 5.74) is 1.49. The van der Waals surface area contributed by atoms with Crippen molar-refractivity contribution in [2.45, 2.75) is 19.3 Å². The number of phenolic OH excluding ortho intramolecular Hbond substituents is 1. The number of benzene rings is 1. The molecule has 1 aromatic carbocycles. The molecule has 0 radical (unpaired) electrons. The van der Waals surface area contributed by atoms with Gasteiger partial charge in [0.1, 0.15) is 5.75 Å². The topological polar surface area (TPSA) is 60.8 Å². The van der Waals surface area contributed by atoms with Crippen molar-refractivity contribution in [3.63, 3.8) is 0 Å². The number of phenols is 1. The molecule has 1 fully saturated rings. The predicted octanol–water partition coefficient (Wildman–Crippen LogP) is 1.62. The van der Waals surface area contributed by atoms with E-state index in [-0.39, 0.29) is 12.2 Å². The molecule has 1 aliphatic heterocycles. The molecule has 0 bridgehead atoms. The normalized spacial score (nSPS) is 15.4. The number of nitrogens with zero attached hydrogens (tertiary/aromatic N) is 1. The zero-order valence-electron chi connectivity index (χ0n) is 9.02. The number of hydrogen-bond acceptors (Lipinski definition) is 3. The molecule has 86 valence electrons. The van der Waals surface area contributed by atoms with Crippen LogP contribution in [0.4, 0.5) is 5.69 Å². The Kier molecular flexibility index (Phi) is 2.99. The number of carboxylic acid groups (broad SMARTS) is 1. The highest BCUT2D eigenvalue weighted by Crippen LogP contribution is 2.30. The second kappa shape index (κ2) is 4.43. The van der Waals surface area contributed by atoms with Crippen LogP contribution in [0.3, 0.4) is 0 Å². The van der Waals surface area contributed by atoms with Crippen molar-refractivity contribution in [3.8, 4) is 5.75 Å². The number of hydrogen-bond donors (Lipinski definition) is 2. The second-order valence-corrected chi connectivity index (χ2v) is 4.09. The molecule has 16 heavy (non-hydrogen) atoms. The molecule has 0 unspecified atom stereocenters. The number of rotatable bonds is 3. The SMILES string of the molecule is O=C(O)Cc1ccc(O)c(N2CCCC2)c1. The summed E-state index contributed by atoms with van der Waals surface area (Å²) in [6.45, 7) is 1.87. The molecule has 0 aromatic heterocycles. The largest absolute Gasteiger partial charge is 0.506 e. The van der Waals surface area contributed by atoms with Crippen LogP contribution >= 0.6 is 0 Å². The summed E-state index contributed by atoms with van der Waals surface area (Å²) >= 11 is 0. The first kappa shape index (κ1) is 10.8. The minimum atomic E-state index is -0.849. The smallest absolute Gasteiger partial charge is 0.307 e. The Morgan fingerprint density at radius 3 is 2.62 bits per heavy atom. The Morgan fingerprint density at radius 2 is 2.00 bits per heavy atom. The number of anilines is 1. The van der Waals surface area contributed by atoms with Gasteiger partial charge in [-0.2, -0.15) is 0 Å². The third-order valence-corrected chi connectivity index (χ3v) is 2.84. The minimum absolute atomic E-state index is 0.00111. The summed E-state index contributed by atoms with van der Waals surface area (Å²) in [5, 5.41) is 18.5. The fraction of sp³-hybridized carbons (Fsp3) is 0.417. The van der Waals surface area contributed by atoms with Gasteiger partial charge in [0.15, 0.2) is 0 Å². The van der Waals surface area contributed by atoms with Crippen molar-refractivity contribution in [3.05, 3.63) is 23.8 Å². The highest BCUT2D eigenvalue weighted by molar-refractivity contribution is 5.72. The van der Waals surface area contributed by atoms with Gasteiger partial charge >= 0.3 is 5.97 Å². The van der Waals surface area contributed by atoms with Crippen LogP contribution < -0.4 is 4.90 Å². The minimum Gasteiger partial charge on any atom is -0.506 e. The van der Waals surface area contributed by atoms with Gasteiger partial charge in [0, 0.05) is 13.1 Å². The average molecular weight is 221 g/mol.